The Morgan fingerprint density at radius 3 is 2.94 bits per heavy atom. The lowest BCUT2D eigenvalue weighted by Gasteiger charge is -2.10. The molecular formula is C14H17N3O. The van der Waals surface area contributed by atoms with Crippen molar-refractivity contribution in [1.82, 2.24) is 15.3 Å². The maximum atomic E-state index is 5.24. The molecule has 4 heteroatoms. The number of ether oxygens (including phenoxy) is 1. The van der Waals surface area contributed by atoms with Crippen molar-refractivity contribution in [1.29, 1.82) is 0 Å². The third kappa shape index (κ3) is 1.93. The number of aryl methyl sites for hydroxylation is 1. The first-order chi connectivity index (χ1) is 8.78. The van der Waals surface area contributed by atoms with E-state index in [1.54, 1.807) is 7.11 Å². The number of benzene rings is 1. The smallest absolute Gasteiger partial charge is 0.133 e. The van der Waals surface area contributed by atoms with Crippen LogP contribution >= 0.6 is 0 Å². The molecule has 94 valence electrons. The van der Waals surface area contributed by atoms with Gasteiger partial charge in [0.25, 0.3) is 0 Å². The molecule has 1 fully saturated rings. The number of nitrogens with one attached hydrogen (secondary N) is 1. The highest BCUT2D eigenvalue weighted by atomic mass is 16.5. The molecule has 18 heavy (non-hydrogen) atoms. The van der Waals surface area contributed by atoms with Gasteiger partial charge in [-0.05, 0) is 38.1 Å². The molecule has 1 aromatic carbocycles. The van der Waals surface area contributed by atoms with Crippen LogP contribution in [0.15, 0.2) is 18.2 Å². The Morgan fingerprint density at radius 1 is 1.33 bits per heavy atom. The highest BCUT2D eigenvalue weighted by Crippen LogP contribution is 2.25. The summed E-state index contributed by atoms with van der Waals surface area (Å²) in [6.45, 7) is 4.09. The summed E-state index contributed by atoms with van der Waals surface area (Å²) in [5, 5.41) is 4.43. The highest BCUT2D eigenvalue weighted by molar-refractivity contribution is 5.82. The number of hydrogen-bond donors (Lipinski definition) is 1. The van der Waals surface area contributed by atoms with Gasteiger partial charge in [-0.1, -0.05) is 0 Å². The molecule has 1 N–H and O–H groups in total. The van der Waals surface area contributed by atoms with Crippen LogP contribution in [-0.4, -0.2) is 30.2 Å². The van der Waals surface area contributed by atoms with Crippen molar-refractivity contribution in [2.24, 2.45) is 0 Å². The Labute approximate surface area is 106 Å². The van der Waals surface area contributed by atoms with Gasteiger partial charge < -0.3 is 10.1 Å². The van der Waals surface area contributed by atoms with Crippen LogP contribution in [0.4, 0.5) is 0 Å². The molecule has 0 bridgehead atoms. The van der Waals surface area contributed by atoms with E-state index in [0.29, 0.717) is 5.92 Å². The maximum Gasteiger partial charge on any atom is 0.133 e. The fourth-order valence-corrected chi connectivity index (χ4v) is 2.47. The number of aromatic nitrogens is 2. The molecule has 1 unspecified atom stereocenters. The van der Waals surface area contributed by atoms with Gasteiger partial charge in [-0.2, -0.15) is 0 Å². The summed E-state index contributed by atoms with van der Waals surface area (Å²) in [6, 6.07) is 5.96. The number of nitrogens with zero attached hydrogens (tertiary/aromatic N) is 2. The molecule has 3 rings (SSSR count). The lowest BCUT2D eigenvalue weighted by Crippen LogP contribution is -2.11. The monoisotopic (exact) mass is 243 g/mol. The van der Waals surface area contributed by atoms with E-state index in [-0.39, 0.29) is 0 Å². The van der Waals surface area contributed by atoms with Crippen LogP contribution in [0, 0.1) is 6.92 Å². The molecule has 0 aliphatic carbocycles. The zero-order valence-electron chi connectivity index (χ0n) is 10.7. The zero-order valence-corrected chi connectivity index (χ0v) is 10.7. The first-order valence-electron chi connectivity index (χ1n) is 6.31. The van der Waals surface area contributed by atoms with E-state index in [0.717, 1.165) is 47.7 Å². The summed E-state index contributed by atoms with van der Waals surface area (Å²) in [4.78, 5) is 9.34. The number of rotatable bonds is 2. The van der Waals surface area contributed by atoms with Crippen molar-refractivity contribution in [3.8, 4) is 5.75 Å². The van der Waals surface area contributed by atoms with Crippen molar-refractivity contribution in [3.63, 3.8) is 0 Å². The number of fused-ring (bicyclic) bond motifs is 1. The van der Waals surface area contributed by atoms with Crippen molar-refractivity contribution in [2.45, 2.75) is 19.3 Å². The Kier molecular flexibility index (Phi) is 2.88. The number of hydrogen-bond acceptors (Lipinski definition) is 4. The molecule has 0 radical (unpaired) electrons. The topological polar surface area (TPSA) is 47.0 Å². The fraction of sp³-hybridized carbons (Fsp3) is 0.429. The van der Waals surface area contributed by atoms with Crippen molar-refractivity contribution in [2.75, 3.05) is 20.2 Å². The first kappa shape index (κ1) is 11.4. The molecule has 1 aliphatic rings. The van der Waals surface area contributed by atoms with Crippen LogP contribution in [0.5, 0.6) is 5.75 Å². The second-order valence-electron chi connectivity index (χ2n) is 4.74. The van der Waals surface area contributed by atoms with E-state index in [4.69, 9.17) is 4.74 Å². The summed E-state index contributed by atoms with van der Waals surface area (Å²) in [5.41, 5.74) is 2.03. The lowest BCUT2D eigenvalue weighted by molar-refractivity contribution is 0.415. The highest BCUT2D eigenvalue weighted by Gasteiger charge is 2.20. The van der Waals surface area contributed by atoms with Crippen LogP contribution in [-0.2, 0) is 0 Å². The van der Waals surface area contributed by atoms with Crippen molar-refractivity contribution < 1.29 is 4.74 Å². The summed E-state index contributed by atoms with van der Waals surface area (Å²) in [5.74, 6) is 2.27. The van der Waals surface area contributed by atoms with Gasteiger partial charge in [0.05, 0.1) is 12.6 Å². The van der Waals surface area contributed by atoms with Gasteiger partial charge in [0.15, 0.2) is 0 Å². The van der Waals surface area contributed by atoms with Gasteiger partial charge in [0, 0.05) is 23.5 Å². The summed E-state index contributed by atoms with van der Waals surface area (Å²) in [7, 11) is 1.68. The molecular weight excluding hydrogens is 226 g/mol. The Hall–Kier alpha value is -1.68. The minimum absolute atomic E-state index is 0.454. The zero-order chi connectivity index (χ0) is 12.5. The second-order valence-corrected chi connectivity index (χ2v) is 4.74. The van der Waals surface area contributed by atoms with Gasteiger partial charge >= 0.3 is 0 Å². The third-order valence-corrected chi connectivity index (χ3v) is 3.54. The van der Waals surface area contributed by atoms with E-state index in [2.05, 4.69) is 15.3 Å². The van der Waals surface area contributed by atoms with E-state index in [9.17, 15) is 0 Å². The average molecular weight is 243 g/mol. The first-order valence-corrected chi connectivity index (χ1v) is 6.31. The molecule has 1 aromatic heterocycles. The van der Waals surface area contributed by atoms with Crippen molar-refractivity contribution in [3.05, 3.63) is 29.7 Å². The van der Waals surface area contributed by atoms with Crippen LogP contribution in [0.2, 0.25) is 0 Å². The van der Waals surface area contributed by atoms with Crippen molar-refractivity contribution >= 4 is 10.9 Å². The molecule has 2 heterocycles. The Balaban J connectivity index is 2.09. The quantitative estimate of drug-likeness (QED) is 0.876. The second kappa shape index (κ2) is 4.53. The van der Waals surface area contributed by atoms with Crippen LogP contribution in [0.3, 0.4) is 0 Å². The molecule has 4 nitrogen and oxygen atoms in total. The lowest BCUT2D eigenvalue weighted by atomic mass is 10.1. The Bertz CT molecular complexity index is 577. The predicted octanol–water partition coefficient (Wildman–Crippen LogP) is 2.02. The minimum atomic E-state index is 0.454. The van der Waals surface area contributed by atoms with Crippen LogP contribution in [0.1, 0.15) is 23.9 Å². The minimum Gasteiger partial charge on any atom is -0.497 e. The summed E-state index contributed by atoms with van der Waals surface area (Å²) < 4.78 is 5.24. The molecule has 0 saturated carbocycles. The SMILES string of the molecule is COc1ccc2nc(C3CCNC3)nc(C)c2c1. The standard InChI is InChI=1S/C14H17N3O/c1-9-12-7-11(18-2)3-4-13(12)17-14(16-9)10-5-6-15-8-10/h3-4,7,10,15H,5-6,8H2,1-2H3. The summed E-state index contributed by atoms with van der Waals surface area (Å²) >= 11 is 0. The van der Waals surface area contributed by atoms with E-state index in [1.165, 1.54) is 0 Å². The molecule has 1 aliphatic heterocycles. The van der Waals surface area contributed by atoms with Crippen LogP contribution in [0.25, 0.3) is 10.9 Å². The molecule has 0 amide bonds. The molecule has 2 aromatic rings. The molecule has 1 saturated heterocycles. The molecule has 1 atom stereocenters. The largest absolute Gasteiger partial charge is 0.497 e. The third-order valence-electron chi connectivity index (χ3n) is 3.54. The summed E-state index contributed by atoms with van der Waals surface area (Å²) in [6.07, 6.45) is 1.13. The van der Waals surface area contributed by atoms with Gasteiger partial charge in [-0.15, -0.1) is 0 Å². The van der Waals surface area contributed by atoms with Gasteiger partial charge in [-0.3, -0.25) is 0 Å². The van der Waals surface area contributed by atoms with Gasteiger partial charge in [0.1, 0.15) is 11.6 Å². The predicted molar refractivity (Wildman–Crippen MR) is 71.1 cm³/mol. The van der Waals surface area contributed by atoms with E-state index < -0.39 is 0 Å². The van der Waals surface area contributed by atoms with E-state index >= 15 is 0 Å². The maximum absolute atomic E-state index is 5.24. The van der Waals surface area contributed by atoms with Crippen LogP contribution < -0.4 is 10.1 Å². The normalized spacial score (nSPS) is 19.3. The van der Waals surface area contributed by atoms with E-state index in [1.807, 2.05) is 25.1 Å². The Morgan fingerprint density at radius 2 is 2.22 bits per heavy atom. The fourth-order valence-electron chi connectivity index (χ4n) is 2.47. The van der Waals surface area contributed by atoms with Gasteiger partial charge in [0.2, 0.25) is 0 Å². The average Bonchev–Trinajstić information content (AvgIpc) is 2.92. The molecule has 0 spiro atoms. The number of methoxy groups -OCH3 is 1. The van der Waals surface area contributed by atoms with Gasteiger partial charge in [-0.25, -0.2) is 9.97 Å².